The first-order chi connectivity index (χ1) is 9.58. The average molecular weight is 298 g/mol. The smallest absolute Gasteiger partial charge is 0.137 e. The van der Waals surface area contributed by atoms with Gasteiger partial charge in [-0.1, -0.05) is 25.4 Å². The predicted octanol–water partition coefficient (Wildman–Crippen LogP) is 3.93. The number of nitrogens with zero attached hydrogens (tertiary/aromatic N) is 2. The monoisotopic (exact) mass is 297 g/mol. The maximum Gasteiger partial charge on any atom is 0.137 e. The fourth-order valence-corrected chi connectivity index (χ4v) is 2.50. The second-order valence-corrected chi connectivity index (χ2v) is 6.06. The lowest BCUT2D eigenvalue weighted by molar-refractivity contribution is 0.0134. The molecule has 4 nitrogen and oxygen atoms in total. The molecule has 1 aromatic rings. The van der Waals surface area contributed by atoms with Crippen LogP contribution in [0.15, 0.2) is 0 Å². The van der Waals surface area contributed by atoms with E-state index < -0.39 is 0 Å². The molecule has 0 radical (unpaired) electrons. The predicted molar refractivity (Wildman–Crippen MR) is 82.6 cm³/mol. The third-order valence-corrected chi connectivity index (χ3v) is 4.02. The van der Waals surface area contributed by atoms with Crippen molar-refractivity contribution in [2.24, 2.45) is 0 Å². The molecule has 1 aromatic heterocycles. The normalized spacial score (nSPS) is 19.4. The van der Waals surface area contributed by atoms with E-state index in [4.69, 9.17) is 16.3 Å². The van der Waals surface area contributed by atoms with E-state index >= 15 is 0 Å². The van der Waals surface area contributed by atoms with Crippen molar-refractivity contribution in [2.75, 3.05) is 18.5 Å². The summed E-state index contributed by atoms with van der Waals surface area (Å²) in [6.45, 7) is 7.85. The molecule has 1 aliphatic rings. The minimum absolute atomic E-state index is 0.273. The Labute approximate surface area is 126 Å². The van der Waals surface area contributed by atoms with Crippen LogP contribution in [-0.2, 0) is 4.74 Å². The lowest BCUT2D eigenvalue weighted by Crippen LogP contribution is -2.22. The Bertz CT molecular complexity index is 445. The molecule has 1 fully saturated rings. The molecule has 1 unspecified atom stereocenters. The number of hydrogen-bond donors (Lipinski definition) is 1. The van der Waals surface area contributed by atoms with Gasteiger partial charge in [-0.15, -0.1) is 0 Å². The van der Waals surface area contributed by atoms with Gasteiger partial charge >= 0.3 is 0 Å². The van der Waals surface area contributed by atoms with Gasteiger partial charge in [0.15, 0.2) is 0 Å². The number of hydrogen-bond acceptors (Lipinski definition) is 4. The molecule has 1 saturated heterocycles. The average Bonchev–Trinajstić information content (AvgIpc) is 2.44. The summed E-state index contributed by atoms with van der Waals surface area (Å²) in [5.41, 5.74) is 0.917. The SMILES string of the molecule is Cc1c(Cl)nc(C(C)C)nc1NCCC1CCCCO1. The van der Waals surface area contributed by atoms with Crippen LogP contribution in [0.25, 0.3) is 0 Å². The van der Waals surface area contributed by atoms with Crippen molar-refractivity contribution in [1.82, 2.24) is 9.97 Å². The van der Waals surface area contributed by atoms with Crippen LogP contribution in [0.2, 0.25) is 5.15 Å². The van der Waals surface area contributed by atoms with Crippen LogP contribution in [0.5, 0.6) is 0 Å². The first kappa shape index (κ1) is 15.5. The number of aromatic nitrogens is 2. The molecule has 0 saturated carbocycles. The fraction of sp³-hybridized carbons (Fsp3) is 0.733. The summed E-state index contributed by atoms with van der Waals surface area (Å²) in [5.74, 6) is 1.91. The molecule has 2 heterocycles. The quantitative estimate of drug-likeness (QED) is 0.837. The van der Waals surface area contributed by atoms with Crippen LogP contribution >= 0.6 is 11.6 Å². The zero-order valence-corrected chi connectivity index (χ0v) is 13.3. The maximum atomic E-state index is 6.17. The lowest BCUT2D eigenvalue weighted by atomic mass is 10.1. The minimum atomic E-state index is 0.273. The molecule has 1 N–H and O–H groups in total. The molecule has 0 aliphatic carbocycles. The molecule has 2 rings (SSSR count). The summed E-state index contributed by atoms with van der Waals surface area (Å²) in [6.07, 6.45) is 5.04. The molecule has 20 heavy (non-hydrogen) atoms. The van der Waals surface area contributed by atoms with Gasteiger partial charge in [0, 0.05) is 24.6 Å². The largest absolute Gasteiger partial charge is 0.378 e. The van der Waals surface area contributed by atoms with Gasteiger partial charge in [0.05, 0.1) is 6.10 Å². The van der Waals surface area contributed by atoms with Gasteiger partial charge in [0.1, 0.15) is 16.8 Å². The summed E-state index contributed by atoms with van der Waals surface area (Å²) < 4.78 is 5.73. The van der Waals surface area contributed by atoms with E-state index in [0.717, 1.165) is 36.8 Å². The van der Waals surface area contributed by atoms with Crippen molar-refractivity contribution < 1.29 is 4.74 Å². The van der Waals surface area contributed by atoms with E-state index in [1.807, 2.05) is 6.92 Å². The summed E-state index contributed by atoms with van der Waals surface area (Å²) in [7, 11) is 0. The lowest BCUT2D eigenvalue weighted by Gasteiger charge is -2.23. The molecule has 0 bridgehead atoms. The van der Waals surface area contributed by atoms with E-state index in [1.165, 1.54) is 19.3 Å². The van der Waals surface area contributed by atoms with Crippen molar-refractivity contribution in [3.63, 3.8) is 0 Å². The van der Waals surface area contributed by atoms with Gasteiger partial charge < -0.3 is 10.1 Å². The van der Waals surface area contributed by atoms with Crippen LogP contribution in [0, 0.1) is 6.92 Å². The highest BCUT2D eigenvalue weighted by atomic mass is 35.5. The second kappa shape index (κ2) is 7.23. The number of nitrogens with one attached hydrogen (secondary N) is 1. The van der Waals surface area contributed by atoms with Gasteiger partial charge in [-0.05, 0) is 32.6 Å². The first-order valence-electron chi connectivity index (χ1n) is 7.47. The van der Waals surface area contributed by atoms with Crippen molar-refractivity contribution in [3.05, 3.63) is 16.5 Å². The van der Waals surface area contributed by atoms with Crippen LogP contribution < -0.4 is 5.32 Å². The topological polar surface area (TPSA) is 47.0 Å². The molecule has 5 heteroatoms. The summed E-state index contributed by atoms with van der Waals surface area (Å²) in [5, 5.41) is 3.92. The highest BCUT2D eigenvalue weighted by Gasteiger charge is 2.15. The van der Waals surface area contributed by atoms with Crippen molar-refractivity contribution in [2.45, 2.75) is 58.5 Å². The third-order valence-electron chi connectivity index (χ3n) is 3.65. The molecule has 1 atom stereocenters. The summed E-state index contributed by atoms with van der Waals surface area (Å²) in [6, 6.07) is 0. The van der Waals surface area contributed by atoms with Crippen LogP contribution in [0.4, 0.5) is 5.82 Å². The van der Waals surface area contributed by atoms with Gasteiger partial charge in [0.2, 0.25) is 0 Å². The van der Waals surface area contributed by atoms with Crippen molar-refractivity contribution in [3.8, 4) is 0 Å². The number of halogens is 1. The van der Waals surface area contributed by atoms with Crippen molar-refractivity contribution in [1.29, 1.82) is 0 Å². The molecular weight excluding hydrogens is 274 g/mol. The Morgan fingerprint density at radius 1 is 1.35 bits per heavy atom. The highest BCUT2D eigenvalue weighted by molar-refractivity contribution is 6.30. The van der Waals surface area contributed by atoms with Crippen LogP contribution in [-0.4, -0.2) is 29.2 Å². The van der Waals surface area contributed by atoms with Gasteiger partial charge in [-0.25, -0.2) is 9.97 Å². The second-order valence-electron chi connectivity index (χ2n) is 5.70. The molecule has 0 amide bonds. The molecule has 0 spiro atoms. The summed E-state index contributed by atoms with van der Waals surface area (Å²) >= 11 is 6.17. The van der Waals surface area contributed by atoms with Crippen molar-refractivity contribution >= 4 is 17.4 Å². The zero-order chi connectivity index (χ0) is 14.5. The molecule has 1 aliphatic heterocycles. The van der Waals surface area contributed by atoms with E-state index in [0.29, 0.717) is 11.3 Å². The zero-order valence-electron chi connectivity index (χ0n) is 12.6. The Morgan fingerprint density at radius 3 is 2.80 bits per heavy atom. The van der Waals surface area contributed by atoms with Gasteiger partial charge in [-0.2, -0.15) is 0 Å². The van der Waals surface area contributed by atoms with Gasteiger partial charge in [0.25, 0.3) is 0 Å². The van der Waals surface area contributed by atoms with E-state index in [1.54, 1.807) is 0 Å². The molecular formula is C15H24ClN3O. The summed E-state index contributed by atoms with van der Waals surface area (Å²) in [4.78, 5) is 8.89. The minimum Gasteiger partial charge on any atom is -0.378 e. The van der Waals surface area contributed by atoms with Crippen LogP contribution in [0.3, 0.4) is 0 Å². The van der Waals surface area contributed by atoms with Gasteiger partial charge in [-0.3, -0.25) is 0 Å². The molecule has 112 valence electrons. The van der Waals surface area contributed by atoms with E-state index in [-0.39, 0.29) is 5.92 Å². The maximum absolute atomic E-state index is 6.17. The number of anilines is 1. The Hall–Kier alpha value is -0.870. The van der Waals surface area contributed by atoms with E-state index in [2.05, 4.69) is 29.1 Å². The Morgan fingerprint density at radius 2 is 2.15 bits per heavy atom. The standard InChI is InChI=1S/C15H24ClN3O/c1-10(2)14-18-13(16)11(3)15(19-14)17-8-7-12-6-4-5-9-20-12/h10,12H,4-9H2,1-3H3,(H,17,18,19). The van der Waals surface area contributed by atoms with Crippen LogP contribution in [0.1, 0.15) is 56.8 Å². The highest BCUT2D eigenvalue weighted by Crippen LogP contribution is 2.23. The van der Waals surface area contributed by atoms with E-state index in [9.17, 15) is 0 Å². The Kier molecular flexibility index (Phi) is 5.61. The number of ether oxygens (including phenoxy) is 1. The Balaban J connectivity index is 1.94. The first-order valence-corrected chi connectivity index (χ1v) is 7.85. The fourth-order valence-electron chi connectivity index (χ4n) is 2.32. The number of rotatable bonds is 5. The molecule has 0 aromatic carbocycles. The third kappa shape index (κ3) is 4.06.